The van der Waals surface area contributed by atoms with Crippen molar-refractivity contribution in [1.29, 1.82) is 0 Å². The van der Waals surface area contributed by atoms with Crippen molar-refractivity contribution in [3.05, 3.63) is 23.0 Å². The Balaban J connectivity index is 3.16. The molecule has 0 amide bonds. The largest absolute Gasteiger partial charge is 0.512 e. The Bertz CT molecular complexity index is 261. The van der Waals surface area contributed by atoms with Crippen LogP contribution in [0.5, 0.6) is 0 Å². The van der Waals surface area contributed by atoms with E-state index in [-0.39, 0.29) is 5.76 Å². The zero-order valence-corrected chi connectivity index (χ0v) is 7.50. The Kier molecular flexibility index (Phi) is 2.02. The lowest BCUT2D eigenvalue weighted by molar-refractivity contribution is -0.163. The highest BCUT2D eigenvalue weighted by Gasteiger charge is 2.38. The molecule has 1 aliphatic carbocycles. The lowest BCUT2D eigenvalue weighted by Gasteiger charge is -2.33. The number of aliphatic hydroxyl groups excluding tert-OH is 1. The van der Waals surface area contributed by atoms with Crippen molar-refractivity contribution in [1.82, 2.24) is 0 Å². The minimum Gasteiger partial charge on any atom is -0.512 e. The Morgan fingerprint density at radius 3 is 2.33 bits per heavy atom. The Morgan fingerprint density at radius 1 is 1.33 bits per heavy atom. The summed E-state index contributed by atoms with van der Waals surface area (Å²) in [7, 11) is 0. The lowest BCUT2D eigenvalue weighted by Crippen LogP contribution is -2.40. The van der Waals surface area contributed by atoms with E-state index in [9.17, 15) is 15.3 Å². The van der Waals surface area contributed by atoms with Gasteiger partial charge in [-0.1, -0.05) is 6.08 Å². The van der Waals surface area contributed by atoms with Crippen LogP contribution in [0.4, 0.5) is 0 Å². The highest BCUT2D eigenvalue weighted by molar-refractivity contribution is 5.34. The van der Waals surface area contributed by atoms with Crippen molar-refractivity contribution < 1.29 is 15.3 Å². The molecule has 1 aliphatic rings. The summed E-state index contributed by atoms with van der Waals surface area (Å²) in [4.78, 5) is 0. The van der Waals surface area contributed by atoms with Crippen LogP contribution in [-0.2, 0) is 0 Å². The maximum atomic E-state index is 9.49. The second kappa shape index (κ2) is 2.61. The van der Waals surface area contributed by atoms with Crippen LogP contribution >= 0.6 is 0 Å². The molecule has 3 nitrogen and oxygen atoms in total. The molecular formula is C9H14O3. The number of allylic oxidation sites excluding steroid dienone is 2. The molecule has 0 spiro atoms. The average molecular weight is 170 g/mol. The predicted octanol–water partition coefficient (Wildman–Crippen LogP) is 1.10. The summed E-state index contributed by atoms with van der Waals surface area (Å²) in [5.74, 6) is -2.50. The number of hydrogen-bond acceptors (Lipinski definition) is 3. The standard InChI is InChI=1S/C9H14O3/c1-5-4-6(2)9(11,12)7(3)8(5)10/h4,7,10-12H,1-3H3. The highest BCUT2D eigenvalue weighted by Crippen LogP contribution is 2.34. The summed E-state index contributed by atoms with van der Waals surface area (Å²) < 4.78 is 0. The number of rotatable bonds is 0. The minimum absolute atomic E-state index is 0.0469. The predicted molar refractivity (Wildman–Crippen MR) is 45.4 cm³/mol. The third-order valence-corrected chi connectivity index (χ3v) is 2.43. The molecule has 1 rings (SSSR count). The minimum atomic E-state index is -1.90. The van der Waals surface area contributed by atoms with Gasteiger partial charge in [-0.05, 0) is 31.9 Å². The molecule has 12 heavy (non-hydrogen) atoms. The maximum absolute atomic E-state index is 9.49. The fourth-order valence-electron chi connectivity index (χ4n) is 1.38. The summed E-state index contributed by atoms with van der Waals surface area (Å²) in [5.41, 5.74) is 1.16. The van der Waals surface area contributed by atoms with E-state index >= 15 is 0 Å². The summed E-state index contributed by atoms with van der Waals surface area (Å²) in [6.45, 7) is 4.95. The molecule has 0 aromatic carbocycles. The fraction of sp³-hybridized carbons (Fsp3) is 0.556. The van der Waals surface area contributed by atoms with Gasteiger partial charge >= 0.3 is 0 Å². The first-order chi connectivity index (χ1) is 5.37. The molecule has 0 radical (unpaired) electrons. The second-order valence-corrected chi connectivity index (χ2v) is 3.34. The molecule has 1 atom stereocenters. The molecule has 0 saturated heterocycles. The van der Waals surface area contributed by atoms with Crippen molar-refractivity contribution in [2.24, 2.45) is 5.92 Å². The van der Waals surface area contributed by atoms with Gasteiger partial charge in [-0.3, -0.25) is 0 Å². The molecule has 1 unspecified atom stereocenters. The van der Waals surface area contributed by atoms with E-state index in [1.54, 1.807) is 26.8 Å². The van der Waals surface area contributed by atoms with Gasteiger partial charge in [0.2, 0.25) is 0 Å². The number of aliphatic hydroxyl groups is 3. The van der Waals surface area contributed by atoms with Crippen LogP contribution in [0.1, 0.15) is 20.8 Å². The van der Waals surface area contributed by atoms with Gasteiger partial charge in [0.15, 0.2) is 5.79 Å². The van der Waals surface area contributed by atoms with Crippen LogP contribution in [0.15, 0.2) is 23.0 Å². The molecule has 0 bridgehead atoms. The topological polar surface area (TPSA) is 60.7 Å². The first-order valence-electron chi connectivity index (χ1n) is 3.90. The van der Waals surface area contributed by atoms with Crippen LogP contribution in [0, 0.1) is 5.92 Å². The molecule has 0 aromatic rings. The van der Waals surface area contributed by atoms with E-state index in [0.29, 0.717) is 11.1 Å². The SMILES string of the molecule is CC1=CC(C)=C(O)C(C)C1(O)O. The van der Waals surface area contributed by atoms with Gasteiger partial charge in [0.25, 0.3) is 0 Å². The van der Waals surface area contributed by atoms with Crippen LogP contribution in [-0.4, -0.2) is 21.1 Å². The van der Waals surface area contributed by atoms with Crippen LogP contribution in [0.25, 0.3) is 0 Å². The smallest absolute Gasteiger partial charge is 0.195 e. The van der Waals surface area contributed by atoms with Crippen molar-refractivity contribution in [3.63, 3.8) is 0 Å². The Labute approximate surface area is 71.7 Å². The van der Waals surface area contributed by atoms with Crippen LogP contribution in [0.3, 0.4) is 0 Å². The summed E-state index contributed by atoms with van der Waals surface area (Å²) in [6.07, 6.45) is 1.58. The molecule has 0 aromatic heterocycles. The first-order valence-corrected chi connectivity index (χ1v) is 3.90. The maximum Gasteiger partial charge on any atom is 0.195 e. The Hall–Kier alpha value is -0.800. The third-order valence-electron chi connectivity index (χ3n) is 2.43. The summed E-state index contributed by atoms with van der Waals surface area (Å²) in [5, 5.41) is 28.4. The van der Waals surface area contributed by atoms with Crippen LogP contribution in [0.2, 0.25) is 0 Å². The second-order valence-electron chi connectivity index (χ2n) is 3.34. The zero-order valence-electron chi connectivity index (χ0n) is 7.50. The highest BCUT2D eigenvalue weighted by atomic mass is 16.5. The van der Waals surface area contributed by atoms with Gasteiger partial charge in [-0.15, -0.1) is 0 Å². The van der Waals surface area contributed by atoms with Gasteiger partial charge in [0.05, 0.1) is 5.92 Å². The lowest BCUT2D eigenvalue weighted by atomic mass is 9.85. The molecular weight excluding hydrogens is 156 g/mol. The molecule has 3 heteroatoms. The van der Waals surface area contributed by atoms with Crippen molar-refractivity contribution in [3.8, 4) is 0 Å². The summed E-state index contributed by atoms with van der Waals surface area (Å²) in [6, 6.07) is 0. The molecule has 68 valence electrons. The van der Waals surface area contributed by atoms with Gasteiger partial charge in [0.1, 0.15) is 5.76 Å². The van der Waals surface area contributed by atoms with Gasteiger partial charge < -0.3 is 15.3 Å². The Morgan fingerprint density at radius 2 is 1.83 bits per heavy atom. The van der Waals surface area contributed by atoms with Crippen LogP contribution < -0.4 is 0 Å². The average Bonchev–Trinajstić information content (AvgIpc) is 1.99. The van der Waals surface area contributed by atoms with Gasteiger partial charge in [-0.25, -0.2) is 0 Å². The van der Waals surface area contributed by atoms with E-state index in [2.05, 4.69) is 0 Å². The van der Waals surface area contributed by atoms with E-state index in [0.717, 1.165) is 0 Å². The molecule has 0 heterocycles. The normalized spacial score (nSPS) is 28.8. The van der Waals surface area contributed by atoms with E-state index in [1.807, 2.05) is 0 Å². The van der Waals surface area contributed by atoms with Crippen molar-refractivity contribution >= 4 is 0 Å². The van der Waals surface area contributed by atoms with Gasteiger partial charge in [0, 0.05) is 0 Å². The van der Waals surface area contributed by atoms with Crippen molar-refractivity contribution in [2.45, 2.75) is 26.6 Å². The van der Waals surface area contributed by atoms with Gasteiger partial charge in [-0.2, -0.15) is 0 Å². The quantitative estimate of drug-likeness (QED) is 0.477. The molecule has 0 fully saturated rings. The zero-order chi connectivity index (χ0) is 9.52. The van der Waals surface area contributed by atoms with Crippen molar-refractivity contribution in [2.75, 3.05) is 0 Å². The molecule has 0 aliphatic heterocycles. The van der Waals surface area contributed by atoms with E-state index in [4.69, 9.17) is 0 Å². The van der Waals surface area contributed by atoms with E-state index in [1.165, 1.54) is 0 Å². The first kappa shape index (κ1) is 9.29. The molecule has 3 N–H and O–H groups in total. The summed E-state index contributed by atoms with van der Waals surface area (Å²) >= 11 is 0. The fourth-order valence-corrected chi connectivity index (χ4v) is 1.38. The number of hydrogen-bond donors (Lipinski definition) is 3. The third kappa shape index (κ3) is 1.15. The monoisotopic (exact) mass is 170 g/mol. The van der Waals surface area contributed by atoms with E-state index < -0.39 is 11.7 Å². The molecule has 0 saturated carbocycles.